The molecule has 0 bridgehead atoms. The summed E-state index contributed by atoms with van der Waals surface area (Å²) < 4.78 is 11.9. The first-order chi connectivity index (χ1) is 21.0. The molecule has 3 aliphatic rings. The summed E-state index contributed by atoms with van der Waals surface area (Å²) in [6, 6.07) is 12.8. The van der Waals surface area contributed by atoms with Gasteiger partial charge in [-0.15, -0.1) is 11.3 Å². The number of amides is 1. The van der Waals surface area contributed by atoms with Crippen molar-refractivity contribution in [1.29, 1.82) is 0 Å². The fourth-order valence-electron chi connectivity index (χ4n) is 6.97. The maximum Gasteiger partial charge on any atom is 0.410 e. The highest BCUT2D eigenvalue weighted by Gasteiger charge is 2.47. The van der Waals surface area contributed by atoms with Gasteiger partial charge in [-0.25, -0.2) is 9.78 Å². The molecule has 1 aliphatic carbocycles. The Morgan fingerprint density at radius 3 is 2.41 bits per heavy atom. The lowest BCUT2D eigenvalue weighted by Gasteiger charge is -2.51. The van der Waals surface area contributed by atoms with Crippen LogP contribution in [0.5, 0.6) is 5.75 Å². The third-order valence-electron chi connectivity index (χ3n) is 9.87. The molecule has 236 valence electrons. The number of hydrogen-bond acceptors (Lipinski definition) is 7. The van der Waals surface area contributed by atoms with E-state index < -0.39 is 5.60 Å². The van der Waals surface area contributed by atoms with Crippen LogP contribution in [0.3, 0.4) is 0 Å². The number of piperidine rings is 1. The van der Waals surface area contributed by atoms with Gasteiger partial charge in [0.1, 0.15) is 16.4 Å². The predicted octanol–water partition coefficient (Wildman–Crippen LogP) is 7.39. The standard InChI is InChI=1S/C36H47N3O4S/c1-24-26(9-6-11-28(24)33-37-29-14-19-39(23-31(29)44-33)34(41)43-35(3,4)5)27-10-7-12-30(25(27)2)42-22-8-18-38-20-16-36(17-21-38)15-13-32(36)40/h6-7,9-12,32,40H,8,13-23H2,1-5H3. The second-order valence-electron chi connectivity index (χ2n) is 13.9. The summed E-state index contributed by atoms with van der Waals surface area (Å²) >= 11 is 1.68. The zero-order valence-corrected chi connectivity index (χ0v) is 27.8. The number of rotatable bonds is 7. The second-order valence-corrected chi connectivity index (χ2v) is 15.0. The highest BCUT2D eigenvalue weighted by molar-refractivity contribution is 7.15. The lowest BCUT2D eigenvalue weighted by atomic mass is 9.61. The summed E-state index contributed by atoms with van der Waals surface area (Å²) in [5.41, 5.74) is 6.66. The van der Waals surface area contributed by atoms with E-state index in [4.69, 9.17) is 14.5 Å². The van der Waals surface area contributed by atoms with Gasteiger partial charge in [0.2, 0.25) is 0 Å². The smallest absolute Gasteiger partial charge is 0.410 e. The molecular weight excluding hydrogens is 570 g/mol. The number of aromatic nitrogens is 1. The third kappa shape index (κ3) is 6.40. The SMILES string of the molecule is Cc1c(OCCCN2CCC3(CCC3O)CC2)cccc1-c1cccc(-c2nc3c(s2)CN(C(=O)OC(C)(C)C)CC3)c1C. The highest BCUT2D eigenvalue weighted by atomic mass is 32.1. The molecule has 3 heterocycles. The quantitative estimate of drug-likeness (QED) is 0.279. The van der Waals surface area contributed by atoms with Gasteiger partial charge in [-0.05, 0) is 114 Å². The van der Waals surface area contributed by atoms with Crippen LogP contribution in [0.15, 0.2) is 36.4 Å². The normalized spacial score (nSPS) is 19.9. The van der Waals surface area contributed by atoms with Crippen molar-refractivity contribution in [2.75, 3.05) is 32.8 Å². The van der Waals surface area contributed by atoms with Gasteiger partial charge in [-0.2, -0.15) is 0 Å². The van der Waals surface area contributed by atoms with Gasteiger partial charge in [0, 0.05) is 30.0 Å². The average molecular weight is 618 g/mol. The summed E-state index contributed by atoms with van der Waals surface area (Å²) in [7, 11) is 0. The van der Waals surface area contributed by atoms with Crippen LogP contribution in [0.25, 0.3) is 21.7 Å². The Morgan fingerprint density at radius 1 is 1.02 bits per heavy atom. The van der Waals surface area contributed by atoms with Crippen molar-refractivity contribution in [3.8, 4) is 27.4 Å². The first kappa shape index (κ1) is 31.1. The van der Waals surface area contributed by atoms with Gasteiger partial charge >= 0.3 is 6.09 Å². The Labute approximate surface area is 266 Å². The predicted molar refractivity (Wildman–Crippen MR) is 176 cm³/mol. The van der Waals surface area contributed by atoms with Gasteiger partial charge in [0.05, 0.1) is 24.9 Å². The number of nitrogens with zero attached hydrogens (tertiary/aromatic N) is 3. The number of aliphatic hydroxyl groups excluding tert-OH is 1. The Morgan fingerprint density at radius 2 is 1.73 bits per heavy atom. The fourth-order valence-corrected chi connectivity index (χ4v) is 8.18. The molecule has 8 heteroatoms. The number of hydrogen-bond donors (Lipinski definition) is 1. The van der Waals surface area contributed by atoms with E-state index in [-0.39, 0.29) is 17.6 Å². The molecule has 1 aromatic heterocycles. The van der Waals surface area contributed by atoms with E-state index in [2.05, 4.69) is 55.1 Å². The van der Waals surface area contributed by atoms with E-state index in [0.29, 0.717) is 19.7 Å². The molecule has 2 fully saturated rings. The molecule has 1 unspecified atom stereocenters. The largest absolute Gasteiger partial charge is 0.493 e. The summed E-state index contributed by atoms with van der Waals surface area (Å²) in [6.07, 6.45) is 5.84. The van der Waals surface area contributed by atoms with E-state index in [1.54, 1.807) is 16.2 Å². The first-order valence-electron chi connectivity index (χ1n) is 16.2. The van der Waals surface area contributed by atoms with Crippen molar-refractivity contribution < 1.29 is 19.4 Å². The molecule has 0 radical (unpaired) electrons. The molecule has 1 atom stereocenters. The monoisotopic (exact) mass is 617 g/mol. The zero-order valence-electron chi connectivity index (χ0n) is 26.9. The molecule has 7 nitrogen and oxygen atoms in total. The van der Waals surface area contributed by atoms with Crippen LogP contribution in [0, 0.1) is 19.3 Å². The molecule has 2 aliphatic heterocycles. The molecule has 1 saturated carbocycles. The lowest BCUT2D eigenvalue weighted by molar-refractivity contribution is -0.0994. The van der Waals surface area contributed by atoms with Crippen LogP contribution in [0.1, 0.15) is 74.6 Å². The average Bonchev–Trinajstić information content (AvgIpc) is 3.42. The lowest BCUT2D eigenvalue weighted by Crippen LogP contribution is -2.52. The van der Waals surface area contributed by atoms with Crippen molar-refractivity contribution in [2.24, 2.45) is 5.41 Å². The molecular formula is C36H47N3O4S. The van der Waals surface area contributed by atoms with Crippen LogP contribution in [0.4, 0.5) is 4.79 Å². The van der Waals surface area contributed by atoms with E-state index in [0.717, 1.165) is 84.2 Å². The Hall–Kier alpha value is -2.94. The minimum Gasteiger partial charge on any atom is -0.493 e. The van der Waals surface area contributed by atoms with Crippen LogP contribution < -0.4 is 4.74 Å². The third-order valence-corrected chi connectivity index (χ3v) is 11.0. The van der Waals surface area contributed by atoms with Crippen LogP contribution in [-0.2, 0) is 17.7 Å². The number of carbonyl (C=O) groups is 1. The van der Waals surface area contributed by atoms with E-state index in [1.807, 2.05) is 20.8 Å². The minimum atomic E-state index is -0.507. The molecule has 2 aromatic carbocycles. The Kier molecular flexibility index (Phi) is 8.79. The molecule has 1 N–H and O–H groups in total. The van der Waals surface area contributed by atoms with Gasteiger partial charge in [0.15, 0.2) is 0 Å². The van der Waals surface area contributed by atoms with Crippen LogP contribution in [0.2, 0.25) is 0 Å². The van der Waals surface area contributed by atoms with Crippen LogP contribution in [-0.4, -0.2) is 70.5 Å². The van der Waals surface area contributed by atoms with E-state index in [9.17, 15) is 9.90 Å². The molecule has 1 spiro atoms. The van der Waals surface area contributed by atoms with Crippen LogP contribution >= 0.6 is 11.3 Å². The van der Waals surface area contributed by atoms with Gasteiger partial charge < -0.3 is 24.4 Å². The summed E-state index contributed by atoms with van der Waals surface area (Å²) in [5, 5.41) is 11.2. The maximum absolute atomic E-state index is 12.7. The summed E-state index contributed by atoms with van der Waals surface area (Å²) in [5.74, 6) is 0.939. The second kappa shape index (κ2) is 12.5. The number of likely N-dealkylation sites (tertiary alicyclic amines) is 1. The zero-order chi connectivity index (χ0) is 31.1. The molecule has 3 aromatic rings. The van der Waals surface area contributed by atoms with Crippen molar-refractivity contribution in [2.45, 2.75) is 91.4 Å². The Bertz CT molecular complexity index is 1500. The number of thiazole rings is 1. The van der Waals surface area contributed by atoms with E-state index in [1.165, 1.54) is 23.1 Å². The van der Waals surface area contributed by atoms with Crippen molar-refractivity contribution in [1.82, 2.24) is 14.8 Å². The summed E-state index contributed by atoms with van der Waals surface area (Å²) in [4.78, 5) is 23.2. The topological polar surface area (TPSA) is 75.1 Å². The van der Waals surface area contributed by atoms with Crippen molar-refractivity contribution >= 4 is 17.4 Å². The van der Waals surface area contributed by atoms with Gasteiger partial charge in [-0.1, -0.05) is 30.3 Å². The molecule has 1 amide bonds. The maximum atomic E-state index is 12.7. The van der Waals surface area contributed by atoms with Gasteiger partial charge in [0.25, 0.3) is 0 Å². The highest BCUT2D eigenvalue weighted by Crippen LogP contribution is 2.49. The number of ether oxygens (including phenoxy) is 2. The summed E-state index contributed by atoms with van der Waals surface area (Å²) in [6.45, 7) is 15.1. The molecule has 6 rings (SSSR count). The molecule has 1 saturated heterocycles. The number of fused-ring (bicyclic) bond motifs is 1. The van der Waals surface area contributed by atoms with Gasteiger partial charge in [-0.3, -0.25) is 0 Å². The minimum absolute atomic E-state index is 0.0729. The number of aliphatic hydroxyl groups is 1. The first-order valence-corrected chi connectivity index (χ1v) is 17.0. The molecule has 44 heavy (non-hydrogen) atoms. The number of carbonyl (C=O) groups excluding carboxylic acids is 1. The van der Waals surface area contributed by atoms with Crippen molar-refractivity contribution in [3.05, 3.63) is 58.1 Å². The fraction of sp³-hybridized carbons (Fsp3) is 0.556. The van der Waals surface area contributed by atoms with Crippen molar-refractivity contribution in [3.63, 3.8) is 0 Å². The number of benzene rings is 2. The van der Waals surface area contributed by atoms with E-state index >= 15 is 0 Å². The Balaban J connectivity index is 1.10.